The molecule has 0 unspecified atom stereocenters. The first kappa shape index (κ1) is 17.3. The molecular weight excluding hydrogens is 285 g/mol. The molecule has 4 nitrogen and oxygen atoms in total. The molecule has 1 aromatic carbocycles. The van der Waals surface area contributed by atoms with Crippen LogP contribution >= 0.6 is 0 Å². The number of hydrogen-bond donors (Lipinski definition) is 2. The van der Waals surface area contributed by atoms with E-state index in [-0.39, 0.29) is 17.8 Å². The Morgan fingerprint density at radius 1 is 1.29 bits per heavy atom. The van der Waals surface area contributed by atoms with E-state index in [4.69, 9.17) is 0 Å². The molecule has 0 aliphatic carbocycles. The monoisotopic (exact) mass is 304 g/mol. The van der Waals surface area contributed by atoms with E-state index in [2.05, 4.69) is 5.32 Å². The maximum absolute atomic E-state index is 12.5. The molecule has 0 aliphatic rings. The Labute approximate surface area is 121 Å². The Morgan fingerprint density at radius 2 is 1.86 bits per heavy atom. The number of rotatable bonds is 4. The highest BCUT2D eigenvalue weighted by Crippen LogP contribution is 2.26. The van der Waals surface area contributed by atoms with Gasteiger partial charge in [-0.25, -0.2) is 4.79 Å². The van der Waals surface area contributed by atoms with Crippen molar-refractivity contribution in [2.24, 2.45) is 0 Å². The molecule has 0 saturated heterocycles. The van der Waals surface area contributed by atoms with E-state index in [1.54, 1.807) is 6.07 Å². The van der Waals surface area contributed by atoms with Crippen LogP contribution in [-0.4, -0.2) is 41.4 Å². The first-order valence-electron chi connectivity index (χ1n) is 6.37. The summed E-state index contributed by atoms with van der Waals surface area (Å²) in [6, 6.07) is 5.19. The van der Waals surface area contributed by atoms with Crippen LogP contribution in [-0.2, 0) is 6.42 Å². The first-order valence-corrected chi connectivity index (χ1v) is 6.37. The van der Waals surface area contributed by atoms with Crippen molar-refractivity contribution in [3.63, 3.8) is 0 Å². The molecule has 1 aromatic rings. The number of carbonyl (C=O) groups is 1. The lowest BCUT2D eigenvalue weighted by molar-refractivity contribution is -0.127. The van der Waals surface area contributed by atoms with Crippen LogP contribution in [0.2, 0.25) is 0 Å². The zero-order valence-electron chi connectivity index (χ0n) is 12.2. The van der Waals surface area contributed by atoms with E-state index in [9.17, 15) is 23.1 Å². The zero-order valence-corrected chi connectivity index (χ0v) is 12.2. The van der Waals surface area contributed by atoms with Gasteiger partial charge < -0.3 is 15.3 Å². The molecule has 0 atom stereocenters. The lowest BCUT2D eigenvalue weighted by Crippen LogP contribution is -2.41. The number of likely N-dealkylation sites (N-methyl/N-ethyl adjacent to an activating group) is 1. The molecule has 7 heteroatoms. The van der Waals surface area contributed by atoms with Crippen LogP contribution in [0.25, 0.3) is 0 Å². The lowest BCUT2D eigenvalue weighted by atomic mass is 10.1. The minimum Gasteiger partial charge on any atom is -0.389 e. The van der Waals surface area contributed by atoms with Gasteiger partial charge in [-0.15, -0.1) is 0 Å². The Morgan fingerprint density at radius 3 is 2.38 bits per heavy atom. The minimum atomic E-state index is -4.35. The third-order valence-electron chi connectivity index (χ3n) is 2.62. The van der Waals surface area contributed by atoms with Crippen molar-refractivity contribution < 1.29 is 23.1 Å². The van der Waals surface area contributed by atoms with Gasteiger partial charge in [-0.1, -0.05) is 18.2 Å². The summed E-state index contributed by atoms with van der Waals surface area (Å²) in [5.74, 6) is 0. The van der Waals surface area contributed by atoms with Gasteiger partial charge in [0.15, 0.2) is 0 Å². The highest BCUT2D eigenvalue weighted by atomic mass is 19.4. The summed E-state index contributed by atoms with van der Waals surface area (Å²) in [6.45, 7) is 3.13. The van der Waals surface area contributed by atoms with Gasteiger partial charge in [-0.05, 0) is 25.5 Å². The summed E-state index contributed by atoms with van der Waals surface area (Å²) in [5, 5.41) is 12.1. The second-order valence-corrected chi connectivity index (χ2v) is 5.55. The smallest absolute Gasteiger partial charge is 0.389 e. The average molecular weight is 304 g/mol. The largest absolute Gasteiger partial charge is 0.393 e. The number of nitrogens with one attached hydrogen (secondary N) is 1. The summed E-state index contributed by atoms with van der Waals surface area (Å²) in [5.41, 5.74) is -0.977. The zero-order chi connectivity index (χ0) is 16.3. The maximum Gasteiger partial charge on any atom is 0.393 e. The van der Waals surface area contributed by atoms with E-state index >= 15 is 0 Å². The molecule has 0 fully saturated rings. The molecule has 0 bridgehead atoms. The van der Waals surface area contributed by atoms with Crippen LogP contribution in [0.3, 0.4) is 0 Å². The SMILES string of the molecule is CN(CC(C)(C)O)C(=O)Nc1ccccc1CC(F)(F)F. The number of alkyl halides is 3. The number of amides is 2. The van der Waals surface area contributed by atoms with E-state index in [0.717, 1.165) is 0 Å². The fourth-order valence-corrected chi connectivity index (χ4v) is 1.88. The number of para-hydroxylation sites is 1. The number of halogens is 3. The summed E-state index contributed by atoms with van der Waals surface area (Å²) in [4.78, 5) is 13.1. The molecule has 1 rings (SSSR count). The van der Waals surface area contributed by atoms with Gasteiger partial charge in [0, 0.05) is 12.7 Å². The second kappa shape index (κ2) is 6.34. The predicted octanol–water partition coefficient (Wildman–Crippen LogP) is 3.03. The lowest BCUT2D eigenvalue weighted by Gasteiger charge is -2.26. The van der Waals surface area contributed by atoms with E-state index in [1.165, 1.54) is 44.0 Å². The van der Waals surface area contributed by atoms with Gasteiger partial charge in [-0.3, -0.25) is 0 Å². The molecule has 2 N–H and O–H groups in total. The minimum absolute atomic E-state index is 0.00462. The van der Waals surface area contributed by atoms with Crippen LogP contribution in [0.15, 0.2) is 24.3 Å². The summed E-state index contributed by atoms with van der Waals surface area (Å²) < 4.78 is 37.5. The number of benzene rings is 1. The average Bonchev–Trinajstić information content (AvgIpc) is 2.27. The van der Waals surface area contributed by atoms with E-state index in [1.807, 2.05) is 0 Å². The highest BCUT2D eigenvalue weighted by Gasteiger charge is 2.29. The molecule has 118 valence electrons. The number of hydrogen-bond acceptors (Lipinski definition) is 2. The van der Waals surface area contributed by atoms with Crippen molar-refractivity contribution in [3.8, 4) is 0 Å². The van der Waals surface area contributed by atoms with Crippen LogP contribution in [0, 0.1) is 0 Å². The summed E-state index contributed by atoms with van der Waals surface area (Å²) >= 11 is 0. The van der Waals surface area contributed by atoms with Crippen LogP contribution in [0.4, 0.5) is 23.7 Å². The Hall–Kier alpha value is -1.76. The van der Waals surface area contributed by atoms with Gasteiger partial charge in [0.25, 0.3) is 0 Å². The van der Waals surface area contributed by atoms with Gasteiger partial charge >= 0.3 is 12.2 Å². The number of carbonyl (C=O) groups excluding carboxylic acids is 1. The molecule has 21 heavy (non-hydrogen) atoms. The first-order chi connectivity index (χ1) is 9.48. The third-order valence-corrected chi connectivity index (χ3v) is 2.62. The van der Waals surface area contributed by atoms with Crippen molar-refractivity contribution in [1.29, 1.82) is 0 Å². The van der Waals surface area contributed by atoms with Crippen LogP contribution < -0.4 is 5.32 Å². The quantitative estimate of drug-likeness (QED) is 0.898. The molecule has 0 radical (unpaired) electrons. The van der Waals surface area contributed by atoms with Crippen molar-refractivity contribution >= 4 is 11.7 Å². The Bertz CT molecular complexity index is 496. The topological polar surface area (TPSA) is 52.6 Å². The van der Waals surface area contributed by atoms with Crippen molar-refractivity contribution in [2.45, 2.75) is 32.0 Å². The van der Waals surface area contributed by atoms with Gasteiger partial charge in [0.05, 0.1) is 18.6 Å². The molecule has 0 aliphatic heterocycles. The standard InChI is InChI=1S/C14H19F3N2O2/c1-13(2,21)9-19(3)12(20)18-11-7-5-4-6-10(11)8-14(15,16)17/h4-7,21H,8-9H2,1-3H3,(H,18,20). The number of aliphatic hydroxyl groups is 1. The van der Waals surface area contributed by atoms with Crippen molar-refractivity contribution in [1.82, 2.24) is 4.90 Å². The molecule has 2 amide bonds. The highest BCUT2D eigenvalue weighted by molar-refractivity contribution is 5.90. The van der Waals surface area contributed by atoms with Crippen molar-refractivity contribution in [3.05, 3.63) is 29.8 Å². The number of anilines is 1. The fourth-order valence-electron chi connectivity index (χ4n) is 1.88. The second-order valence-electron chi connectivity index (χ2n) is 5.55. The molecule has 0 heterocycles. The van der Waals surface area contributed by atoms with Crippen LogP contribution in [0.1, 0.15) is 19.4 Å². The van der Waals surface area contributed by atoms with Gasteiger partial charge in [-0.2, -0.15) is 13.2 Å². The van der Waals surface area contributed by atoms with Crippen LogP contribution in [0.5, 0.6) is 0 Å². The molecule has 0 spiro atoms. The normalized spacial score (nSPS) is 12.1. The molecule has 0 aromatic heterocycles. The fraction of sp³-hybridized carbons (Fsp3) is 0.500. The predicted molar refractivity (Wildman–Crippen MR) is 74.1 cm³/mol. The molecular formula is C14H19F3N2O2. The summed E-state index contributed by atoms with van der Waals surface area (Å²) in [6.07, 6.45) is -5.46. The Kier molecular flexibility index (Phi) is 5.22. The molecule has 0 saturated carbocycles. The number of nitrogens with zero attached hydrogens (tertiary/aromatic N) is 1. The van der Waals surface area contributed by atoms with Crippen molar-refractivity contribution in [2.75, 3.05) is 18.9 Å². The van der Waals surface area contributed by atoms with Gasteiger partial charge in [0.2, 0.25) is 0 Å². The Balaban J connectivity index is 2.81. The number of urea groups is 1. The third kappa shape index (κ3) is 6.48. The maximum atomic E-state index is 12.5. The van der Waals surface area contributed by atoms with E-state index < -0.39 is 24.2 Å². The van der Waals surface area contributed by atoms with Gasteiger partial charge in [0.1, 0.15) is 0 Å². The van der Waals surface area contributed by atoms with E-state index in [0.29, 0.717) is 0 Å². The summed E-state index contributed by atoms with van der Waals surface area (Å²) in [7, 11) is 1.46.